The Hall–Kier alpha value is -1.26. The van der Waals surface area contributed by atoms with E-state index in [1.54, 1.807) is 6.92 Å². The molecule has 29 heavy (non-hydrogen) atoms. The fraction of sp³-hybridized carbons (Fsp3) is 0.760. The zero-order valence-electron chi connectivity index (χ0n) is 18.7. The van der Waals surface area contributed by atoms with E-state index in [1.165, 1.54) is 5.57 Å². The van der Waals surface area contributed by atoms with Crippen LogP contribution in [0.4, 0.5) is 0 Å². The average molecular weight is 403 g/mol. The Morgan fingerprint density at radius 1 is 1.28 bits per heavy atom. The molecule has 1 unspecified atom stereocenters. The van der Waals surface area contributed by atoms with Crippen LogP contribution in [-0.2, 0) is 9.59 Å². The van der Waals surface area contributed by atoms with Crippen LogP contribution in [0.1, 0.15) is 79.6 Å². The lowest BCUT2D eigenvalue weighted by molar-refractivity contribution is -0.121. The van der Waals surface area contributed by atoms with Crippen molar-refractivity contribution in [3.8, 4) is 0 Å². The standard InChI is InChI=1S/C25H38O4/c1-16(2)7-6-8-17(3)25(29)12-11-23(4)13-19-22(20(27)14-24(19,5)28)18(15-26)9-10-21(23)25/h7,9,15,17,19,21-22,28-29H,6,8,10-14H2,1-5H3/b18-9-/t17?,19-,21+,22+,23+,24-,25-/m0/s1. The second-order valence-electron chi connectivity index (χ2n) is 10.8. The molecule has 4 nitrogen and oxygen atoms in total. The molecule has 7 atom stereocenters. The molecule has 2 saturated carbocycles. The highest BCUT2D eigenvalue weighted by Crippen LogP contribution is 2.61. The topological polar surface area (TPSA) is 74.6 Å². The number of carbonyl (C=O) groups excluding carboxylic acids is 2. The molecule has 0 amide bonds. The smallest absolute Gasteiger partial charge is 0.146 e. The summed E-state index contributed by atoms with van der Waals surface area (Å²) in [6, 6.07) is 0. The molecule has 2 fully saturated rings. The number of aldehydes is 1. The SMILES string of the molecule is CC(C)=CCCC(C)[C@@]1(O)CC[C@]2(C)C[C@H]3[C@H](C(=O)C[C@]3(C)O)/C(C=O)=C\C[C@H]21. The van der Waals surface area contributed by atoms with Crippen LogP contribution in [0.15, 0.2) is 23.3 Å². The quantitative estimate of drug-likeness (QED) is 0.528. The number of Topliss-reactive ketones (excluding diaryl/α,β-unsaturated/α-hetero) is 1. The van der Waals surface area contributed by atoms with Crippen molar-refractivity contribution >= 4 is 12.1 Å². The summed E-state index contributed by atoms with van der Waals surface area (Å²) in [6.45, 7) is 10.3. The van der Waals surface area contributed by atoms with Gasteiger partial charge in [0.05, 0.1) is 17.1 Å². The molecule has 0 aromatic heterocycles. The van der Waals surface area contributed by atoms with E-state index < -0.39 is 17.1 Å². The van der Waals surface area contributed by atoms with Crippen LogP contribution in [-0.4, -0.2) is 33.5 Å². The molecule has 2 N–H and O–H groups in total. The van der Waals surface area contributed by atoms with Crippen LogP contribution in [0.25, 0.3) is 0 Å². The van der Waals surface area contributed by atoms with Gasteiger partial charge in [-0.3, -0.25) is 9.59 Å². The van der Waals surface area contributed by atoms with Gasteiger partial charge in [0, 0.05) is 12.3 Å². The minimum atomic E-state index is -1.09. The normalized spacial score (nSPS) is 44.7. The molecule has 0 bridgehead atoms. The van der Waals surface area contributed by atoms with Crippen molar-refractivity contribution in [2.24, 2.45) is 29.1 Å². The van der Waals surface area contributed by atoms with Gasteiger partial charge in [-0.1, -0.05) is 31.6 Å². The van der Waals surface area contributed by atoms with Gasteiger partial charge < -0.3 is 10.2 Å². The fourth-order valence-electron chi connectivity index (χ4n) is 6.57. The van der Waals surface area contributed by atoms with Crippen LogP contribution < -0.4 is 0 Å². The molecule has 0 aliphatic heterocycles. The lowest BCUT2D eigenvalue weighted by Crippen LogP contribution is -2.47. The average Bonchev–Trinajstić information content (AvgIpc) is 2.98. The van der Waals surface area contributed by atoms with Crippen LogP contribution in [0.3, 0.4) is 0 Å². The first-order valence-corrected chi connectivity index (χ1v) is 11.2. The molecule has 3 aliphatic rings. The maximum absolute atomic E-state index is 12.6. The molecule has 0 spiro atoms. The first-order chi connectivity index (χ1) is 13.4. The first kappa shape index (κ1) is 22.4. The van der Waals surface area contributed by atoms with Gasteiger partial charge in [-0.15, -0.1) is 0 Å². The maximum Gasteiger partial charge on any atom is 0.146 e. The Morgan fingerprint density at radius 2 is 1.97 bits per heavy atom. The van der Waals surface area contributed by atoms with Crippen LogP contribution >= 0.6 is 0 Å². The highest BCUT2D eigenvalue weighted by molar-refractivity contribution is 5.94. The maximum atomic E-state index is 12.6. The highest BCUT2D eigenvalue weighted by Gasteiger charge is 2.60. The minimum absolute atomic E-state index is 0.0243. The van der Waals surface area contributed by atoms with Crippen LogP contribution in [0.5, 0.6) is 0 Å². The highest BCUT2D eigenvalue weighted by atomic mass is 16.3. The number of hydrogen-bond donors (Lipinski definition) is 2. The van der Waals surface area contributed by atoms with Crippen LogP contribution in [0.2, 0.25) is 0 Å². The van der Waals surface area contributed by atoms with E-state index in [0.717, 1.165) is 32.0 Å². The number of fused-ring (bicyclic) bond motifs is 2. The van der Waals surface area contributed by atoms with Crippen molar-refractivity contribution in [3.05, 3.63) is 23.3 Å². The van der Waals surface area contributed by atoms with Crippen LogP contribution in [0, 0.1) is 29.1 Å². The lowest BCUT2D eigenvalue weighted by atomic mass is 9.61. The summed E-state index contributed by atoms with van der Waals surface area (Å²) in [5.74, 6) is -0.603. The van der Waals surface area contributed by atoms with E-state index >= 15 is 0 Å². The van der Waals surface area contributed by atoms with E-state index in [1.807, 2.05) is 6.08 Å². The number of hydrogen-bond acceptors (Lipinski definition) is 4. The van der Waals surface area contributed by atoms with Gasteiger partial charge in [0.2, 0.25) is 0 Å². The number of ketones is 1. The first-order valence-electron chi connectivity index (χ1n) is 11.2. The van der Waals surface area contributed by atoms with Crippen molar-refractivity contribution in [1.29, 1.82) is 0 Å². The summed E-state index contributed by atoms with van der Waals surface area (Å²) >= 11 is 0. The van der Waals surface area contributed by atoms with Gasteiger partial charge in [-0.05, 0) is 82.1 Å². The zero-order chi connectivity index (χ0) is 21.6. The number of aliphatic hydroxyl groups is 2. The molecule has 0 aromatic rings. The van der Waals surface area contributed by atoms with Crippen molar-refractivity contribution in [3.63, 3.8) is 0 Å². The Labute approximate surface area is 175 Å². The summed E-state index contributed by atoms with van der Waals surface area (Å²) in [5, 5.41) is 22.8. The third-order valence-electron chi connectivity index (χ3n) is 8.40. The minimum Gasteiger partial charge on any atom is -0.389 e. The molecule has 162 valence electrons. The van der Waals surface area contributed by atoms with Gasteiger partial charge >= 0.3 is 0 Å². The van der Waals surface area contributed by atoms with Crippen molar-refractivity contribution in [2.75, 3.05) is 0 Å². The summed E-state index contributed by atoms with van der Waals surface area (Å²) in [7, 11) is 0. The van der Waals surface area contributed by atoms with E-state index in [0.29, 0.717) is 18.4 Å². The van der Waals surface area contributed by atoms with E-state index in [-0.39, 0.29) is 35.4 Å². The number of rotatable bonds is 5. The van der Waals surface area contributed by atoms with Gasteiger partial charge in [0.25, 0.3) is 0 Å². The molecule has 0 heterocycles. The van der Waals surface area contributed by atoms with Gasteiger partial charge in [0.15, 0.2) is 0 Å². The fourth-order valence-corrected chi connectivity index (χ4v) is 6.57. The molecule has 0 aromatic carbocycles. The monoisotopic (exact) mass is 402 g/mol. The molecular formula is C25H38O4. The van der Waals surface area contributed by atoms with Crippen molar-refractivity contribution < 1.29 is 19.8 Å². The van der Waals surface area contributed by atoms with Gasteiger partial charge in [-0.2, -0.15) is 0 Å². The summed E-state index contributed by atoms with van der Waals surface area (Å²) in [4.78, 5) is 24.5. The number of carbonyl (C=O) groups is 2. The second kappa shape index (κ2) is 7.77. The third kappa shape index (κ3) is 3.90. The van der Waals surface area contributed by atoms with E-state index in [2.05, 4.69) is 33.8 Å². The van der Waals surface area contributed by atoms with E-state index in [9.17, 15) is 19.8 Å². The predicted molar refractivity (Wildman–Crippen MR) is 114 cm³/mol. The van der Waals surface area contributed by atoms with E-state index in [4.69, 9.17) is 0 Å². The Morgan fingerprint density at radius 3 is 2.59 bits per heavy atom. The predicted octanol–water partition coefficient (Wildman–Crippen LogP) is 4.39. The van der Waals surface area contributed by atoms with Gasteiger partial charge in [-0.25, -0.2) is 0 Å². The molecule has 0 saturated heterocycles. The molecule has 0 radical (unpaired) electrons. The summed E-state index contributed by atoms with van der Waals surface area (Å²) in [5.41, 5.74) is -0.224. The largest absolute Gasteiger partial charge is 0.389 e. The molecule has 3 aliphatic carbocycles. The van der Waals surface area contributed by atoms with Crippen molar-refractivity contribution in [1.82, 2.24) is 0 Å². The van der Waals surface area contributed by atoms with Gasteiger partial charge in [0.1, 0.15) is 12.1 Å². The second-order valence-corrected chi connectivity index (χ2v) is 10.8. The summed E-state index contributed by atoms with van der Waals surface area (Å²) < 4.78 is 0. The lowest BCUT2D eigenvalue weighted by Gasteiger charge is -2.45. The zero-order valence-corrected chi connectivity index (χ0v) is 18.7. The molecule has 4 heteroatoms. The Kier molecular flexibility index (Phi) is 6.01. The van der Waals surface area contributed by atoms with Crippen molar-refractivity contribution in [2.45, 2.75) is 90.8 Å². The number of allylic oxidation sites excluding steroid dienone is 4. The molecule has 3 rings (SSSR count). The summed E-state index contributed by atoms with van der Waals surface area (Å²) in [6.07, 6.45) is 9.83. The Balaban J connectivity index is 1.94. The third-order valence-corrected chi connectivity index (χ3v) is 8.40. The molecular weight excluding hydrogens is 364 g/mol. The Bertz CT molecular complexity index is 729.